The zero-order valence-electron chi connectivity index (χ0n) is 16.1. The molecule has 2 aromatic heterocycles. The van der Waals surface area contributed by atoms with Crippen molar-refractivity contribution in [3.63, 3.8) is 0 Å². The van der Waals surface area contributed by atoms with Crippen LogP contribution in [0.2, 0.25) is 0 Å². The molecule has 0 atom stereocenters. The maximum absolute atomic E-state index is 12.6. The monoisotopic (exact) mass is 378 g/mol. The molecule has 2 N–H and O–H groups in total. The Bertz CT molecular complexity index is 1010. The molecule has 1 fully saturated rings. The molecule has 1 amide bonds. The zero-order valence-corrected chi connectivity index (χ0v) is 16.1. The van der Waals surface area contributed by atoms with E-state index in [0.717, 1.165) is 41.4 Å². The van der Waals surface area contributed by atoms with Crippen molar-refractivity contribution in [3.8, 4) is 16.9 Å². The van der Waals surface area contributed by atoms with Crippen molar-refractivity contribution < 1.29 is 9.53 Å². The van der Waals surface area contributed by atoms with Gasteiger partial charge in [-0.1, -0.05) is 0 Å². The van der Waals surface area contributed by atoms with E-state index in [1.165, 1.54) is 4.68 Å². The minimum absolute atomic E-state index is 0.138. The predicted molar refractivity (Wildman–Crippen MR) is 105 cm³/mol. The summed E-state index contributed by atoms with van der Waals surface area (Å²) in [7, 11) is 1.73. The lowest BCUT2D eigenvalue weighted by Gasteiger charge is -2.29. The Balaban J connectivity index is 1.71. The molecule has 8 nitrogen and oxygen atoms in total. The van der Waals surface area contributed by atoms with Gasteiger partial charge in [-0.25, -0.2) is 9.97 Å². The summed E-state index contributed by atoms with van der Waals surface area (Å²) in [5.74, 6) is 0.534. The molecule has 1 aliphatic heterocycles. The van der Waals surface area contributed by atoms with Crippen LogP contribution in [0.4, 0.5) is 5.69 Å². The number of aryl methyl sites for hydroxylation is 3. The lowest BCUT2D eigenvalue weighted by Crippen LogP contribution is -2.50. The number of ether oxygens (including phenoxy) is 1. The molecular formula is C20H22N6O2. The van der Waals surface area contributed by atoms with Gasteiger partial charge in [-0.05, 0) is 38.1 Å². The second-order valence-corrected chi connectivity index (χ2v) is 6.82. The predicted octanol–water partition coefficient (Wildman–Crippen LogP) is 2.10. The quantitative estimate of drug-likeness (QED) is 0.706. The van der Waals surface area contributed by atoms with Crippen LogP contribution >= 0.6 is 0 Å². The lowest BCUT2D eigenvalue weighted by atomic mass is 10.0. The first-order valence-electron chi connectivity index (χ1n) is 9.12. The molecule has 0 radical (unpaired) electrons. The fraction of sp³-hybridized carbons (Fsp3) is 0.300. The van der Waals surface area contributed by atoms with Crippen LogP contribution in [0.25, 0.3) is 11.1 Å². The molecule has 3 aromatic rings. The summed E-state index contributed by atoms with van der Waals surface area (Å²) in [6.45, 7) is 5.53. The van der Waals surface area contributed by atoms with Crippen molar-refractivity contribution in [3.05, 3.63) is 53.9 Å². The topological polar surface area (TPSA) is 94.0 Å². The Hall–Kier alpha value is -3.26. The average molecular weight is 378 g/mol. The van der Waals surface area contributed by atoms with Crippen LogP contribution in [0.3, 0.4) is 0 Å². The summed E-state index contributed by atoms with van der Waals surface area (Å²) >= 11 is 0. The van der Waals surface area contributed by atoms with Crippen LogP contribution in [-0.2, 0) is 7.05 Å². The smallest absolute Gasteiger partial charge is 0.273 e. The van der Waals surface area contributed by atoms with Crippen LogP contribution in [0, 0.1) is 13.8 Å². The summed E-state index contributed by atoms with van der Waals surface area (Å²) in [5, 5.41) is 10.2. The van der Waals surface area contributed by atoms with Crippen molar-refractivity contribution in [2.45, 2.75) is 20.0 Å². The molecule has 0 saturated carbocycles. The van der Waals surface area contributed by atoms with Crippen LogP contribution < -0.4 is 15.4 Å². The number of anilines is 1. The third kappa shape index (κ3) is 3.46. The Morgan fingerprint density at radius 1 is 1.21 bits per heavy atom. The minimum atomic E-state index is -0.222. The largest absolute Gasteiger partial charge is 0.487 e. The number of amides is 1. The molecule has 3 heterocycles. The molecule has 1 aliphatic rings. The fourth-order valence-electron chi connectivity index (χ4n) is 3.21. The summed E-state index contributed by atoms with van der Waals surface area (Å²) in [6.07, 6.45) is 3.29. The maximum Gasteiger partial charge on any atom is 0.273 e. The Kier molecular flexibility index (Phi) is 4.79. The summed E-state index contributed by atoms with van der Waals surface area (Å²) in [4.78, 5) is 21.2. The molecule has 8 heteroatoms. The van der Waals surface area contributed by atoms with Crippen molar-refractivity contribution >= 4 is 11.6 Å². The third-order valence-corrected chi connectivity index (χ3v) is 4.82. The van der Waals surface area contributed by atoms with Crippen LogP contribution in [-0.4, -0.2) is 44.8 Å². The van der Waals surface area contributed by atoms with E-state index in [0.29, 0.717) is 11.4 Å². The number of carbonyl (C=O) groups excluding carboxylic acids is 1. The summed E-state index contributed by atoms with van der Waals surface area (Å²) in [6, 6.07) is 7.32. The van der Waals surface area contributed by atoms with E-state index in [1.54, 1.807) is 25.6 Å². The number of aromatic nitrogens is 4. The normalized spacial score (nSPS) is 13.8. The van der Waals surface area contributed by atoms with Gasteiger partial charge in [-0.2, -0.15) is 5.10 Å². The average Bonchev–Trinajstić information content (AvgIpc) is 3.05. The number of nitrogens with one attached hydrogen (secondary N) is 2. The highest BCUT2D eigenvalue weighted by Gasteiger charge is 2.22. The number of benzene rings is 1. The molecule has 1 aromatic carbocycles. The SMILES string of the molecule is Cc1ncnc(C)c1-c1cc(NC(=O)c2ccnn2C)ccc1OC1CNC1. The highest BCUT2D eigenvalue weighted by Crippen LogP contribution is 2.36. The minimum Gasteiger partial charge on any atom is -0.487 e. The fourth-order valence-corrected chi connectivity index (χ4v) is 3.21. The van der Waals surface area contributed by atoms with E-state index in [-0.39, 0.29) is 12.0 Å². The first-order chi connectivity index (χ1) is 13.5. The van der Waals surface area contributed by atoms with Gasteiger partial charge >= 0.3 is 0 Å². The molecule has 1 saturated heterocycles. The van der Waals surface area contributed by atoms with Crippen LogP contribution in [0.5, 0.6) is 5.75 Å². The van der Waals surface area contributed by atoms with E-state index in [9.17, 15) is 4.79 Å². The Morgan fingerprint density at radius 3 is 2.57 bits per heavy atom. The van der Waals surface area contributed by atoms with Gasteiger partial charge in [0.15, 0.2) is 0 Å². The second kappa shape index (κ2) is 7.40. The number of hydrogen-bond donors (Lipinski definition) is 2. The van der Waals surface area contributed by atoms with Gasteiger partial charge in [0, 0.05) is 54.5 Å². The molecule has 4 rings (SSSR count). The second-order valence-electron chi connectivity index (χ2n) is 6.82. The first-order valence-corrected chi connectivity index (χ1v) is 9.12. The molecular weight excluding hydrogens is 356 g/mol. The number of hydrogen-bond acceptors (Lipinski definition) is 6. The Morgan fingerprint density at radius 2 is 1.96 bits per heavy atom. The molecule has 28 heavy (non-hydrogen) atoms. The standard InChI is InChI=1S/C20H22N6O2/c1-12-19(13(2)23-11-22-12)16-8-14(4-5-18(16)28-15-9-21-10-15)25-20(27)17-6-7-24-26(17)3/h4-8,11,15,21H,9-10H2,1-3H3,(H,25,27). The van der Waals surface area contributed by atoms with Gasteiger partial charge in [0.1, 0.15) is 23.9 Å². The van der Waals surface area contributed by atoms with E-state index in [4.69, 9.17) is 4.74 Å². The highest BCUT2D eigenvalue weighted by atomic mass is 16.5. The first kappa shape index (κ1) is 18.1. The van der Waals surface area contributed by atoms with Crippen molar-refractivity contribution in [1.29, 1.82) is 0 Å². The molecule has 0 unspecified atom stereocenters. The highest BCUT2D eigenvalue weighted by molar-refractivity contribution is 6.03. The number of nitrogens with zero attached hydrogens (tertiary/aromatic N) is 4. The summed E-state index contributed by atoms with van der Waals surface area (Å²) in [5.41, 5.74) is 4.66. The van der Waals surface area contributed by atoms with E-state index < -0.39 is 0 Å². The van der Waals surface area contributed by atoms with Crippen molar-refractivity contribution in [1.82, 2.24) is 25.1 Å². The molecule has 144 valence electrons. The maximum atomic E-state index is 12.6. The van der Waals surface area contributed by atoms with Crippen molar-refractivity contribution in [2.24, 2.45) is 7.05 Å². The van der Waals surface area contributed by atoms with E-state index in [1.807, 2.05) is 32.0 Å². The molecule has 0 bridgehead atoms. The van der Waals surface area contributed by atoms with E-state index in [2.05, 4.69) is 25.7 Å². The molecule has 0 spiro atoms. The van der Waals surface area contributed by atoms with Gasteiger partial charge in [-0.15, -0.1) is 0 Å². The lowest BCUT2D eigenvalue weighted by molar-refractivity contribution is 0.101. The van der Waals surface area contributed by atoms with Crippen LogP contribution in [0.1, 0.15) is 21.9 Å². The third-order valence-electron chi connectivity index (χ3n) is 4.82. The van der Waals surface area contributed by atoms with Crippen molar-refractivity contribution in [2.75, 3.05) is 18.4 Å². The Labute approximate surface area is 163 Å². The van der Waals surface area contributed by atoms with Gasteiger partial charge in [-0.3, -0.25) is 9.48 Å². The van der Waals surface area contributed by atoms with Gasteiger partial charge in [0.2, 0.25) is 0 Å². The molecule has 0 aliphatic carbocycles. The van der Waals surface area contributed by atoms with Gasteiger partial charge in [0.25, 0.3) is 5.91 Å². The van der Waals surface area contributed by atoms with Gasteiger partial charge in [0.05, 0.1) is 0 Å². The van der Waals surface area contributed by atoms with E-state index >= 15 is 0 Å². The van der Waals surface area contributed by atoms with Crippen LogP contribution in [0.15, 0.2) is 36.8 Å². The zero-order chi connectivity index (χ0) is 19.7. The summed E-state index contributed by atoms with van der Waals surface area (Å²) < 4.78 is 7.69. The number of rotatable bonds is 5. The number of carbonyl (C=O) groups is 1. The van der Waals surface area contributed by atoms with Gasteiger partial charge < -0.3 is 15.4 Å².